The third-order valence-corrected chi connectivity index (χ3v) is 4.86. The third kappa shape index (κ3) is 3.21. The van der Waals surface area contributed by atoms with Crippen LogP contribution in [0.5, 0.6) is 0 Å². The van der Waals surface area contributed by atoms with Gasteiger partial charge in [-0.15, -0.1) is 0 Å². The van der Waals surface area contributed by atoms with Crippen LogP contribution in [-0.2, 0) is 0 Å². The van der Waals surface area contributed by atoms with Crippen LogP contribution in [0.15, 0.2) is 0 Å². The highest BCUT2D eigenvalue weighted by molar-refractivity contribution is 4.85. The topological polar surface area (TPSA) is 18.5 Å². The SMILES string of the molecule is CC1NCCC1CN1CCN(CC2CC2)CC1. The lowest BCUT2D eigenvalue weighted by atomic mass is 10.0. The molecule has 3 heteroatoms. The van der Waals surface area contributed by atoms with Crippen molar-refractivity contribution in [1.29, 1.82) is 0 Å². The normalized spacial score (nSPS) is 36.5. The first kappa shape index (κ1) is 11.9. The minimum atomic E-state index is 0.736. The highest BCUT2D eigenvalue weighted by Gasteiger charge is 2.29. The quantitative estimate of drug-likeness (QED) is 0.787. The van der Waals surface area contributed by atoms with Gasteiger partial charge < -0.3 is 15.1 Å². The van der Waals surface area contributed by atoms with Crippen molar-refractivity contribution in [2.45, 2.75) is 32.2 Å². The van der Waals surface area contributed by atoms with E-state index in [1.54, 1.807) is 0 Å². The molecule has 1 aliphatic carbocycles. The first-order chi connectivity index (χ1) is 8.31. The van der Waals surface area contributed by atoms with Crippen LogP contribution in [-0.4, -0.2) is 61.7 Å². The van der Waals surface area contributed by atoms with E-state index in [1.807, 2.05) is 0 Å². The molecule has 17 heavy (non-hydrogen) atoms. The Kier molecular flexibility index (Phi) is 3.69. The van der Waals surface area contributed by atoms with E-state index < -0.39 is 0 Å². The standard InChI is InChI=1S/C14H27N3/c1-12-14(4-5-15-12)11-17-8-6-16(7-9-17)10-13-2-3-13/h12-15H,2-11H2,1H3. The summed E-state index contributed by atoms with van der Waals surface area (Å²) in [5, 5.41) is 3.57. The summed E-state index contributed by atoms with van der Waals surface area (Å²) in [6.07, 6.45) is 4.36. The number of rotatable bonds is 4. The van der Waals surface area contributed by atoms with Crippen molar-refractivity contribution in [2.24, 2.45) is 11.8 Å². The van der Waals surface area contributed by atoms with Gasteiger partial charge in [-0.1, -0.05) is 0 Å². The molecule has 3 nitrogen and oxygen atoms in total. The smallest absolute Gasteiger partial charge is 0.0110 e. The van der Waals surface area contributed by atoms with Crippen LogP contribution in [0.4, 0.5) is 0 Å². The molecule has 1 saturated carbocycles. The van der Waals surface area contributed by atoms with E-state index in [2.05, 4.69) is 22.0 Å². The van der Waals surface area contributed by atoms with Gasteiger partial charge in [-0.25, -0.2) is 0 Å². The molecule has 2 aliphatic heterocycles. The maximum absolute atomic E-state index is 3.57. The van der Waals surface area contributed by atoms with E-state index in [-0.39, 0.29) is 0 Å². The number of nitrogens with zero attached hydrogens (tertiary/aromatic N) is 2. The Hall–Kier alpha value is -0.120. The summed E-state index contributed by atoms with van der Waals surface area (Å²) in [6, 6.07) is 0.736. The van der Waals surface area contributed by atoms with E-state index in [0.717, 1.165) is 17.9 Å². The molecule has 0 amide bonds. The minimum Gasteiger partial charge on any atom is -0.314 e. The third-order valence-electron chi connectivity index (χ3n) is 4.86. The van der Waals surface area contributed by atoms with Gasteiger partial charge in [-0.3, -0.25) is 0 Å². The van der Waals surface area contributed by atoms with E-state index in [0.29, 0.717) is 0 Å². The van der Waals surface area contributed by atoms with Gasteiger partial charge in [0.05, 0.1) is 0 Å². The van der Waals surface area contributed by atoms with E-state index in [9.17, 15) is 0 Å². The molecule has 0 aromatic carbocycles. The van der Waals surface area contributed by atoms with Crippen LogP contribution in [0.1, 0.15) is 26.2 Å². The molecule has 2 heterocycles. The van der Waals surface area contributed by atoms with Crippen molar-refractivity contribution in [3.8, 4) is 0 Å². The van der Waals surface area contributed by atoms with Gasteiger partial charge in [0, 0.05) is 45.3 Å². The largest absolute Gasteiger partial charge is 0.314 e. The van der Waals surface area contributed by atoms with Gasteiger partial charge in [-0.2, -0.15) is 0 Å². The zero-order chi connectivity index (χ0) is 11.7. The fourth-order valence-corrected chi connectivity index (χ4v) is 3.31. The lowest BCUT2D eigenvalue weighted by molar-refractivity contribution is 0.113. The molecule has 3 aliphatic rings. The molecule has 0 aromatic rings. The van der Waals surface area contributed by atoms with Crippen molar-refractivity contribution in [3.05, 3.63) is 0 Å². The first-order valence-corrected chi connectivity index (χ1v) is 7.49. The van der Waals surface area contributed by atoms with Crippen LogP contribution in [0, 0.1) is 11.8 Å². The maximum atomic E-state index is 3.57. The van der Waals surface area contributed by atoms with Gasteiger partial charge >= 0.3 is 0 Å². The van der Waals surface area contributed by atoms with Crippen LogP contribution < -0.4 is 5.32 Å². The second-order valence-corrected chi connectivity index (χ2v) is 6.34. The van der Waals surface area contributed by atoms with Crippen LogP contribution in [0.2, 0.25) is 0 Å². The van der Waals surface area contributed by atoms with E-state index >= 15 is 0 Å². The number of nitrogens with one attached hydrogen (secondary N) is 1. The molecule has 3 rings (SSSR count). The van der Waals surface area contributed by atoms with Gasteiger partial charge in [-0.05, 0) is 44.6 Å². The van der Waals surface area contributed by atoms with Gasteiger partial charge in [0.2, 0.25) is 0 Å². The Bertz CT molecular complexity index is 244. The summed E-state index contributed by atoms with van der Waals surface area (Å²) in [7, 11) is 0. The summed E-state index contributed by atoms with van der Waals surface area (Å²) in [5.41, 5.74) is 0. The van der Waals surface area contributed by atoms with Crippen LogP contribution in [0.25, 0.3) is 0 Å². The lowest BCUT2D eigenvalue weighted by Crippen LogP contribution is -2.48. The summed E-state index contributed by atoms with van der Waals surface area (Å²) in [4.78, 5) is 5.38. The zero-order valence-corrected chi connectivity index (χ0v) is 11.2. The predicted octanol–water partition coefficient (Wildman–Crippen LogP) is 1.01. The summed E-state index contributed by atoms with van der Waals surface area (Å²) < 4.78 is 0. The fraction of sp³-hybridized carbons (Fsp3) is 1.00. The Morgan fingerprint density at radius 2 is 1.59 bits per heavy atom. The van der Waals surface area contributed by atoms with E-state index in [4.69, 9.17) is 0 Å². The molecule has 0 bridgehead atoms. The molecular formula is C14H27N3. The average molecular weight is 237 g/mol. The minimum absolute atomic E-state index is 0.736. The van der Waals surface area contributed by atoms with Crippen molar-refractivity contribution in [3.63, 3.8) is 0 Å². The van der Waals surface area contributed by atoms with E-state index in [1.165, 1.54) is 65.1 Å². The van der Waals surface area contributed by atoms with Gasteiger partial charge in [0.1, 0.15) is 0 Å². The Morgan fingerprint density at radius 3 is 2.12 bits per heavy atom. The highest BCUT2D eigenvalue weighted by Crippen LogP contribution is 2.30. The molecule has 2 atom stereocenters. The molecule has 3 fully saturated rings. The molecular weight excluding hydrogens is 210 g/mol. The van der Waals surface area contributed by atoms with Gasteiger partial charge in [0.25, 0.3) is 0 Å². The second-order valence-electron chi connectivity index (χ2n) is 6.34. The Balaban J connectivity index is 1.38. The Morgan fingerprint density at radius 1 is 0.941 bits per heavy atom. The highest BCUT2D eigenvalue weighted by atomic mass is 15.3. The van der Waals surface area contributed by atoms with Gasteiger partial charge in [0.15, 0.2) is 0 Å². The van der Waals surface area contributed by atoms with Crippen molar-refractivity contribution < 1.29 is 0 Å². The summed E-state index contributed by atoms with van der Waals surface area (Å²) >= 11 is 0. The molecule has 98 valence electrons. The summed E-state index contributed by atoms with van der Waals surface area (Å²) in [6.45, 7) is 11.5. The lowest BCUT2D eigenvalue weighted by Gasteiger charge is -2.36. The monoisotopic (exact) mass is 237 g/mol. The maximum Gasteiger partial charge on any atom is 0.0110 e. The molecule has 1 N–H and O–H groups in total. The van der Waals surface area contributed by atoms with Crippen molar-refractivity contribution >= 4 is 0 Å². The van der Waals surface area contributed by atoms with Crippen molar-refractivity contribution in [2.75, 3.05) is 45.8 Å². The molecule has 2 saturated heterocycles. The average Bonchev–Trinajstić information content (AvgIpc) is 3.06. The van der Waals surface area contributed by atoms with Crippen LogP contribution >= 0.6 is 0 Å². The fourth-order valence-electron chi connectivity index (χ4n) is 3.31. The predicted molar refractivity (Wildman–Crippen MR) is 71.2 cm³/mol. The van der Waals surface area contributed by atoms with Crippen molar-refractivity contribution in [1.82, 2.24) is 15.1 Å². The number of hydrogen-bond acceptors (Lipinski definition) is 3. The molecule has 0 radical (unpaired) electrons. The zero-order valence-electron chi connectivity index (χ0n) is 11.2. The molecule has 2 unspecified atom stereocenters. The van der Waals surface area contributed by atoms with Crippen LogP contribution in [0.3, 0.4) is 0 Å². The molecule has 0 spiro atoms. The second kappa shape index (κ2) is 5.25. The summed E-state index contributed by atoms with van der Waals surface area (Å²) in [5.74, 6) is 1.95. The molecule has 0 aromatic heterocycles. The number of piperazine rings is 1. The first-order valence-electron chi connectivity index (χ1n) is 7.49. The number of hydrogen-bond donors (Lipinski definition) is 1. The Labute approximate surface area is 106 Å².